The number of halogens is 1. The van der Waals surface area contributed by atoms with Gasteiger partial charge >= 0.3 is 5.97 Å². The third kappa shape index (κ3) is 4.39. The number of benzene rings is 3. The van der Waals surface area contributed by atoms with E-state index >= 15 is 0 Å². The maximum atomic E-state index is 13.5. The highest BCUT2D eigenvalue weighted by Crippen LogP contribution is 2.34. The van der Waals surface area contributed by atoms with Crippen LogP contribution >= 0.6 is 11.6 Å². The molecular formula is C26H28ClNO4S. The lowest BCUT2D eigenvalue weighted by Crippen LogP contribution is -2.41. The van der Waals surface area contributed by atoms with Crippen LogP contribution in [0.4, 0.5) is 0 Å². The Hall–Kier alpha value is -2.41. The minimum absolute atomic E-state index is 0.287. The summed E-state index contributed by atoms with van der Waals surface area (Å²) < 4.78 is 34.2. The third-order valence-electron chi connectivity index (χ3n) is 6.72. The maximum Gasteiger partial charge on any atom is 0.314 e. The lowest BCUT2D eigenvalue weighted by Gasteiger charge is -2.31. The molecule has 1 saturated heterocycles. The Labute approximate surface area is 200 Å². The monoisotopic (exact) mass is 485 g/mol. The van der Waals surface area contributed by atoms with Crippen LogP contribution in [0.25, 0.3) is 10.8 Å². The van der Waals surface area contributed by atoms with Crippen LogP contribution in [-0.2, 0) is 14.8 Å². The first kappa shape index (κ1) is 23.7. The van der Waals surface area contributed by atoms with Gasteiger partial charge in [-0.15, -0.1) is 0 Å². The van der Waals surface area contributed by atoms with Gasteiger partial charge in [0.2, 0.25) is 10.0 Å². The van der Waals surface area contributed by atoms with Crippen molar-refractivity contribution >= 4 is 38.4 Å². The van der Waals surface area contributed by atoms with Gasteiger partial charge in [-0.05, 0) is 74.9 Å². The summed E-state index contributed by atoms with van der Waals surface area (Å²) in [6.07, 6.45) is 0.846. The van der Waals surface area contributed by atoms with Crippen molar-refractivity contribution in [1.29, 1.82) is 0 Å². The van der Waals surface area contributed by atoms with Gasteiger partial charge in [-0.2, -0.15) is 4.31 Å². The second-order valence-corrected chi connectivity index (χ2v) is 11.1. The lowest BCUT2D eigenvalue weighted by atomic mass is 9.98. The van der Waals surface area contributed by atoms with Gasteiger partial charge < -0.3 is 4.74 Å². The van der Waals surface area contributed by atoms with E-state index in [0.29, 0.717) is 28.5 Å². The molecule has 0 aromatic heterocycles. The molecule has 3 aromatic carbocycles. The van der Waals surface area contributed by atoms with Crippen LogP contribution in [0.2, 0.25) is 5.02 Å². The normalized spacial score (nSPS) is 15.7. The fraction of sp³-hybridized carbons (Fsp3) is 0.346. The molecule has 0 saturated carbocycles. The number of hydrogen-bond donors (Lipinski definition) is 0. The molecule has 1 heterocycles. The topological polar surface area (TPSA) is 63.7 Å². The van der Waals surface area contributed by atoms with E-state index in [0.717, 1.165) is 33.0 Å². The number of piperidine rings is 1. The smallest absolute Gasteiger partial charge is 0.314 e. The van der Waals surface area contributed by atoms with E-state index in [1.807, 2.05) is 58.0 Å². The van der Waals surface area contributed by atoms with E-state index < -0.39 is 10.0 Å². The summed E-state index contributed by atoms with van der Waals surface area (Å²) >= 11 is 6.26. The van der Waals surface area contributed by atoms with Crippen molar-refractivity contribution in [3.8, 4) is 5.75 Å². The molecule has 1 aliphatic heterocycles. The zero-order valence-electron chi connectivity index (χ0n) is 19.3. The molecule has 3 aromatic rings. The zero-order valence-corrected chi connectivity index (χ0v) is 20.9. The van der Waals surface area contributed by atoms with Crippen molar-refractivity contribution in [3.63, 3.8) is 0 Å². The van der Waals surface area contributed by atoms with Crippen molar-refractivity contribution < 1.29 is 17.9 Å². The molecule has 174 valence electrons. The van der Waals surface area contributed by atoms with Gasteiger partial charge in [0, 0.05) is 28.9 Å². The summed E-state index contributed by atoms with van der Waals surface area (Å²) in [7, 11) is -3.64. The van der Waals surface area contributed by atoms with E-state index in [4.69, 9.17) is 16.3 Å². The van der Waals surface area contributed by atoms with Crippen LogP contribution in [0.1, 0.15) is 35.1 Å². The molecule has 33 heavy (non-hydrogen) atoms. The fourth-order valence-corrected chi connectivity index (χ4v) is 6.82. The minimum Gasteiger partial charge on any atom is -0.426 e. The number of nitrogens with zero attached hydrogens (tertiary/aromatic N) is 1. The average molecular weight is 486 g/mol. The van der Waals surface area contributed by atoms with Gasteiger partial charge in [0.25, 0.3) is 0 Å². The van der Waals surface area contributed by atoms with Crippen LogP contribution in [0, 0.1) is 33.6 Å². The molecule has 5 nitrogen and oxygen atoms in total. The van der Waals surface area contributed by atoms with Gasteiger partial charge in [-0.3, -0.25) is 4.79 Å². The SMILES string of the molecule is Cc1cc(C)c(C)c(S(=O)(=O)N2CCC(C(=O)Oc3ccc(Cl)c4ccccc34)CC2)c1C. The van der Waals surface area contributed by atoms with Crippen molar-refractivity contribution in [2.75, 3.05) is 13.1 Å². The average Bonchev–Trinajstić information content (AvgIpc) is 2.80. The van der Waals surface area contributed by atoms with Gasteiger partial charge in [-0.1, -0.05) is 41.9 Å². The number of esters is 1. The number of carbonyl (C=O) groups excluding carboxylic acids is 1. The Morgan fingerprint density at radius 3 is 2.12 bits per heavy atom. The van der Waals surface area contributed by atoms with Crippen molar-refractivity contribution in [2.24, 2.45) is 5.92 Å². The Morgan fingerprint density at radius 1 is 0.939 bits per heavy atom. The molecule has 0 unspecified atom stereocenters. The first-order chi connectivity index (χ1) is 15.6. The summed E-state index contributed by atoms with van der Waals surface area (Å²) in [4.78, 5) is 13.3. The predicted octanol–water partition coefficient (Wildman–Crippen LogP) is 5.73. The summed E-state index contributed by atoms with van der Waals surface area (Å²) in [5.74, 6) is -0.220. The molecule has 0 aliphatic carbocycles. The van der Waals surface area contributed by atoms with Crippen LogP contribution in [0.15, 0.2) is 47.4 Å². The molecule has 1 fully saturated rings. The number of ether oxygens (including phenoxy) is 1. The van der Waals surface area contributed by atoms with E-state index in [-0.39, 0.29) is 25.0 Å². The standard InChI is InChI=1S/C26H28ClNO4S/c1-16-15-17(2)19(4)25(18(16)3)33(30,31)28-13-11-20(12-14-28)26(29)32-24-10-9-23(27)21-7-5-6-8-22(21)24/h5-10,15,20H,11-14H2,1-4H3. The predicted molar refractivity (Wildman–Crippen MR) is 131 cm³/mol. The van der Waals surface area contributed by atoms with Crippen LogP contribution in [-0.4, -0.2) is 31.8 Å². The van der Waals surface area contributed by atoms with Gasteiger partial charge in [0.05, 0.1) is 10.8 Å². The molecule has 0 spiro atoms. The molecule has 7 heteroatoms. The number of fused-ring (bicyclic) bond motifs is 1. The molecule has 0 N–H and O–H groups in total. The molecular weight excluding hydrogens is 458 g/mol. The second kappa shape index (κ2) is 9.09. The Kier molecular flexibility index (Phi) is 6.54. The minimum atomic E-state index is -3.64. The van der Waals surface area contributed by atoms with Crippen molar-refractivity contribution in [1.82, 2.24) is 4.31 Å². The first-order valence-corrected chi connectivity index (χ1v) is 12.9. The van der Waals surface area contributed by atoms with Gasteiger partial charge in [0.1, 0.15) is 5.75 Å². The van der Waals surface area contributed by atoms with E-state index in [1.54, 1.807) is 12.1 Å². The summed E-state index contributed by atoms with van der Waals surface area (Å²) in [6.45, 7) is 8.15. The number of hydrogen-bond acceptors (Lipinski definition) is 4. The molecule has 4 rings (SSSR count). The summed E-state index contributed by atoms with van der Waals surface area (Å²) in [6, 6.07) is 12.9. The molecule has 0 bridgehead atoms. The highest BCUT2D eigenvalue weighted by Gasteiger charge is 2.35. The number of sulfonamides is 1. The van der Waals surface area contributed by atoms with Crippen LogP contribution < -0.4 is 4.74 Å². The van der Waals surface area contributed by atoms with E-state index in [2.05, 4.69) is 0 Å². The van der Waals surface area contributed by atoms with Crippen molar-refractivity contribution in [3.05, 3.63) is 69.7 Å². The zero-order chi connectivity index (χ0) is 23.9. The van der Waals surface area contributed by atoms with E-state index in [9.17, 15) is 13.2 Å². The lowest BCUT2D eigenvalue weighted by molar-refractivity contribution is -0.140. The first-order valence-electron chi connectivity index (χ1n) is 11.1. The Bertz CT molecular complexity index is 1320. The quantitative estimate of drug-likeness (QED) is 0.349. The van der Waals surface area contributed by atoms with Crippen LogP contribution in [0.5, 0.6) is 5.75 Å². The highest BCUT2D eigenvalue weighted by atomic mass is 35.5. The van der Waals surface area contributed by atoms with Crippen LogP contribution in [0.3, 0.4) is 0 Å². The molecule has 0 atom stereocenters. The fourth-order valence-electron chi connectivity index (χ4n) is 4.54. The number of carbonyl (C=O) groups is 1. The maximum absolute atomic E-state index is 13.5. The number of rotatable bonds is 4. The Morgan fingerprint density at radius 2 is 1.52 bits per heavy atom. The molecule has 0 amide bonds. The Balaban J connectivity index is 1.50. The molecule has 0 radical (unpaired) electrons. The van der Waals surface area contributed by atoms with Gasteiger partial charge in [0.15, 0.2) is 0 Å². The number of aryl methyl sites for hydroxylation is 2. The highest BCUT2D eigenvalue weighted by molar-refractivity contribution is 7.89. The second-order valence-electron chi connectivity index (χ2n) is 8.78. The summed E-state index contributed by atoms with van der Waals surface area (Å²) in [5.41, 5.74) is 3.50. The van der Waals surface area contributed by atoms with Gasteiger partial charge in [-0.25, -0.2) is 8.42 Å². The molecule has 1 aliphatic rings. The third-order valence-corrected chi connectivity index (χ3v) is 9.23. The van der Waals surface area contributed by atoms with E-state index in [1.165, 1.54) is 4.31 Å². The summed E-state index contributed by atoms with van der Waals surface area (Å²) in [5, 5.41) is 2.20. The largest absolute Gasteiger partial charge is 0.426 e. The van der Waals surface area contributed by atoms with Crippen molar-refractivity contribution in [2.45, 2.75) is 45.4 Å².